The van der Waals surface area contributed by atoms with Gasteiger partial charge in [0.1, 0.15) is 0 Å². The Bertz CT molecular complexity index is 80.5. The second-order valence-corrected chi connectivity index (χ2v) is 2.91. The van der Waals surface area contributed by atoms with Gasteiger partial charge in [0.2, 0.25) is 0 Å². The molecular formula is C6H12ClN. The molecule has 2 bridgehead atoms. The highest BCUT2D eigenvalue weighted by Crippen LogP contribution is 2.46. The van der Waals surface area contributed by atoms with Crippen molar-refractivity contribution >= 4 is 12.4 Å². The van der Waals surface area contributed by atoms with Gasteiger partial charge >= 0.3 is 0 Å². The molecule has 1 nitrogen and oxygen atoms in total. The van der Waals surface area contributed by atoms with Crippen LogP contribution in [-0.2, 0) is 0 Å². The molecule has 0 amide bonds. The van der Waals surface area contributed by atoms with Crippen molar-refractivity contribution in [3.05, 3.63) is 0 Å². The number of hydrogen-bond acceptors (Lipinski definition) is 1. The third kappa shape index (κ3) is 0.579. The molecule has 2 atom stereocenters. The van der Waals surface area contributed by atoms with Crippen molar-refractivity contribution in [2.75, 3.05) is 0 Å². The fourth-order valence-electron chi connectivity index (χ4n) is 1.94. The molecule has 0 saturated heterocycles. The van der Waals surface area contributed by atoms with Crippen LogP contribution in [0.2, 0.25) is 0 Å². The Kier molecular flexibility index (Phi) is 1.50. The lowest BCUT2D eigenvalue weighted by atomic mass is 9.79. The van der Waals surface area contributed by atoms with Gasteiger partial charge in [0.05, 0.1) is 0 Å². The quantitative estimate of drug-likeness (QED) is 0.528. The van der Waals surface area contributed by atoms with E-state index in [2.05, 4.69) is 0 Å². The van der Waals surface area contributed by atoms with E-state index in [0.29, 0.717) is 6.04 Å². The molecule has 0 spiro atoms. The summed E-state index contributed by atoms with van der Waals surface area (Å²) >= 11 is 0. The van der Waals surface area contributed by atoms with E-state index >= 15 is 0 Å². The minimum atomic E-state index is 0. The molecule has 2 unspecified atom stereocenters. The van der Waals surface area contributed by atoms with Gasteiger partial charge in [-0.3, -0.25) is 0 Å². The van der Waals surface area contributed by atoms with Crippen LogP contribution < -0.4 is 5.73 Å². The molecule has 8 heavy (non-hydrogen) atoms. The van der Waals surface area contributed by atoms with Crippen LogP contribution in [0.25, 0.3) is 0 Å². The number of nitrogens with two attached hydrogens (primary N) is 1. The van der Waals surface area contributed by atoms with Crippen molar-refractivity contribution in [2.45, 2.75) is 25.3 Å². The molecule has 3 aliphatic carbocycles. The average Bonchev–Trinajstić information content (AvgIpc) is 2.18. The van der Waals surface area contributed by atoms with Crippen LogP contribution in [0.3, 0.4) is 0 Å². The zero-order valence-corrected chi connectivity index (χ0v) is 5.66. The standard InChI is InChI=1S/C6H11N.ClH/c7-6-4-1-2-5(6)3-4;/h4-6H,1-3,7H2;1H. The van der Waals surface area contributed by atoms with Crippen molar-refractivity contribution in [2.24, 2.45) is 17.6 Å². The summed E-state index contributed by atoms with van der Waals surface area (Å²) in [7, 11) is 0. The Balaban J connectivity index is 0.000000320. The summed E-state index contributed by atoms with van der Waals surface area (Å²) in [4.78, 5) is 0. The van der Waals surface area contributed by atoms with E-state index in [1.807, 2.05) is 0 Å². The Morgan fingerprint density at radius 2 is 1.62 bits per heavy atom. The maximum atomic E-state index is 5.73. The van der Waals surface area contributed by atoms with Crippen LogP contribution >= 0.6 is 12.4 Å². The van der Waals surface area contributed by atoms with Crippen LogP contribution in [0, 0.1) is 11.8 Å². The zero-order valence-electron chi connectivity index (χ0n) is 4.84. The predicted molar refractivity (Wildman–Crippen MR) is 36.1 cm³/mol. The van der Waals surface area contributed by atoms with Gasteiger partial charge in [-0.25, -0.2) is 0 Å². The molecule has 2 heteroatoms. The molecule has 0 aromatic heterocycles. The van der Waals surface area contributed by atoms with Crippen LogP contribution in [0.4, 0.5) is 0 Å². The third-order valence-electron chi connectivity index (χ3n) is 2.60. The summed E-state index contributed by atoms with van der Waals surface area (Å²) in [5, 5.41) is 0. The van der Waals surface area contributed by atoms with Crippen molar-refractivity contribution in [1.82, 2.24) is 0 Å². The summed E-state index contributed by atoms with van der Waals surface area (Å²) in [6.07, 6.45) is 4.29. The largest absolute Gasteiger partial charge is 0.327 e. The van der Waals surface area contributed by atoms with Gasteiger partial charge in [0.15, 0.2) is 0 Å². The van der Waals surface area contributed by atoms with Crippen molar-refractivity contribution in [3.63, 3.8) is 0 Å². The van der Waals surface area contributed by atoms with Crippen LogP contribution in [0.5, 0.6) is 0 Å². The van der Waals surface area contributed by atoms with Crippen LogP contribution in [0.1, 0.15) is 19.3 Å². The Hall–Kier alpha value is 0.250. The molecular weight excluding hydrogens is 122 g/mol. The summed E-state index contributed by atoms with van der Waals surface area (Å²) in [6.45, 7) is 0. The van der Waals surface area contributed by atoms with E-state index in [4.69, 9.17) is 5.73 Å². The summed E-state index contributed by atoms with van der Waals surface area (Å²) < 4.78 is 0. The zero-order chi connectivity index (χ0) is 4.85. The second-order valence-electron chi connectivity index (χ2n) is 2.91. The lowest BCUT2D eigenvalue weighted by Crippen LogP contribution is -2.41. The van der Waals surface area contributed by atoms with Gasteiger partial charge in [-0.2, -0.15) is 0 Å². The van der Waals surface area contributed by atoms with Gasteiger partial charge in [-0.05, 0) is 31.1 Å². The minimum Gasteiger partial charge on any atom is -0.327 e. The van der Waals surface area contributed by atoms with E-state index < -0.39 is 0 Å². The Morgan fingerprint density at radius 1 is 1.12 bits per heavy atom. The fraction of sp³-hybridized carbons (Fsp3) is 1.00. The molecule has 0 radical (unpaired) electrons. The number of fused-ring (bicyclic) bond motifs is 1. The first-order valence-electron chi connectivity index (χ1n) is 3.13. The van der Waals surface area contributed by atoms with Gasteiger partial charge in [0.25, 0.3) is 0 Å². The number of halogens is 1. The second kappa shape index (κ2) is 1.89. The molecule has 0 aromatic carbocycles. The Labute approximate surface area is 56.0 Å². The first kappa shape index (κ1) is 6.37. The summed E-state index contributed by atoms with van der Waals surface area (Å²) in [6, 6.07) is 0.611. The van der Waals surface area contributed by atoms with E-state index in [9.17, 15) is 0 Å². The first-order valence-corrected chi connectivity index (χ1v) is 3.13. The van der Waals surface area contributed by atoms with E-state index in [0.717, 1.165) is 11.8 Å². The summed E-state index contributed by atoms with van der Waals surface area (Å²) in [5.74, 6) is 1.87. The first-order chi connectivity index (χ1) is 3.38. The normalized spacial score (nSPS) is 49.9. The molecule has 48 valence electrons. The van der Waals surface area contributed by atoms with E-state index in [-0.39, 0.29) is 12.4 Å². The van der Waals surface area contributed by atoms with Crippen LogP contribution in [-0.4, -0.2) is 6.04 Å². The lowest BCUT2D eigenvalue weighted by molar-refractivity contribution is 0.242. The third-order valence-corrected chi connectivity index (χ3v) is 2.60. The van der Waals surface area contributed by atoms with Gasteiger partial charge in [0, 0.05) is 6.04 Å². The highest BCUT2D eigenvalue weighted by Gasteiger charge is 2.43. The van der Waals surface area contributed by atoms with Gasteiger partial charge < -0.3 is 5.73 Å². The van der Waals surface area contributed by atoms with E-state index in [1.54, 1.807) is 0 Å². The SMILES string of the molecule is Cl.NC1C2CCC1C2. The lowest BCUT2D eigenvalue weighted by Gasteiger charge is -2.31. The average molecular weight is 134 g/mol. The van der Waals surface area contributed by atoms with Crippen molar-refractivity contribution in [1.29, 1.82) is 0 Å². The van der Waals surface area contributed by atoms with E-state index in [1.165, 1.54) is 19.3 Å². The molecule has 0 heterocycles. The smallest absolute Gasteiger partial charge is 0.00958 e. The monoisotopic (exact) mass is 133 g/mol. The molecule has 2 N–H and O–H groups in total. The molecule has 0 aromatic rings. The maximum Gasteiger partial charge on any atom is 0.00958 e. The van der Waals surface area contributed by atoms with Crippen molar-refractivity contribution < 1.29 is 0 Å². The molecule has 3 aliphatic rings. The molecule has 3 saturated carbocycles. The fourth-order valence-corrected chi connectivity index (χ4v) is 1.94. The van der Waals surface area contributed by atoms with Crippen molar-refractivity contribution in [3.8, 4) is 0 Å². The number of rotatable bonds is 0. The topological polar surface area (TPSA) is 26.0 Å². The molecule has 3 fully saturated rings. The highest BCUT2D eigenvalue weighted by molar-refractivity contribution is 5.85. The summed E-state index contributed by atoms with van der Waals surface area (Å²) in [5.41, 5.74) is 5.73. The molecule has 3 rings (SSSR count). The molecule has 0 aliphatic heterocycles. The Morgan fingerprint density at radius 3 is 1.75 bits per heavy atom. The maximum absolute atomic E-state index is 5.73. The predicted octanol–water partition coefficient (Wildman–Crippen LogP) is 1.17. The van der Waals surface area contributed by atoms with Gasteiger partial charge in [-0.1, -0.05) is 0 Å². The number of hydrogen-bond donors (Lipinski definition) is 1. The minimum absolute atomic E-state index is 0. The van der Waals surface area contributed by atoms with Crippen LogP contribution in [0.15, 0.2) is 0 Å². The van der Waals surface area contributed by atoms with Gasteiger partial charge in [-0.15, -0.1) is 12.4 Å². The highest BCUT2D eigenvalue weighted by atomic mass is 35.5.